The number of nitrogens with zero attached hydrogens (tertiary/aromatic N) is 2. The van der Waals surface area contributed by atoms with Gasteiger partial charge in [0.25, 0.3) is 10.0 Å². The second-order valence-electron chi connectivity index (χ2n) is 9.95. The van der Waals surface area contributed by atoms with Crippen LogP contribution in [-0.2, 0) is 28.2 Å². The molecule has 0 bridgehead atoms. The number of nitrogens with one attached hydrogen (secondary N) is 1. The second-order valence-corrected chi connectivity index (χ2v) is 11.8. The number of hydrogen-bond acceptors (Lipinski definition) is 6. The molecule has 0 saturated heterocycles. The summed E-state index contributed by atoms with van der Waals surface area (Å²) in [7, 11) is -4.18. The molecule has 0 saturated carbocycles. The Morgan fingerprint density at radius 3 is 2.22 bits per heavy atom. The third kappa shape index (κ3) is 5.29. The molecular formula is C26H28F3N3O4S. The fraction of sp³-hybridized carbons (Fsp3) is 0.346. The lowest BCUT2D eigenvalue weighted by molar-refractivity contribution is -0.141. The van der Waals surface area contributed by atoms with Crippen LogP contribution in [0.25, 0.3) is 0 Å². The molecule has 2 aromatic carbocycles. The molecule has 0 unspecified atom stereocenters. The van der Waals surface area contributed by atoms with Crippen molar-refractivity contribution in [3.8, 4) is 0 Å². The van der Waals surface area contributed by atoms with E-state index in [0.717, 1.165) is 15.9 Å². The van der Waals surface area contributed by atoms with Crippen LogP contribution in [0.2, 0.25) is 0 Å². The normalized spacial score (nSPS) is 14.1. The van der Waals surface area contributed by atoms with E-state index in [9.17, 15) is 31.8 Å². The van der Waals surface area contributed by atoms with Crippen LogP contribution in [0.5, 0.6) is 0 Å². The Morgan fingerprint density at radius 1 is 1.00 bits per heavy atom. The molecule has 0 atom stereocenters. The Morgan fingerprint density at radius 2 is 1.65 bits per heavy atom. The van der Waals surface area contributed by atoms with Crippen molar-refractivity contribution >= 4 is 27.2 Å². The molecule has 3 aromatic rings. The van der Waals surface area contributed by atoms with Crippen LogP contribution in [0.15, 0.2) is 59.5 Å². The Bertz CT molecular complexity index is 1400. The molecule has 0 aliphatic carbocycles. The average molecular weight is 536 g/mol. The van der Waals surface area contributed by atoms with E-state index in [-0.39, 0.29) is 52.8 Å². The summed E-state index contributed by atoms with van der Waals surface area (Å²) in [4.78, 5) is 3.74. The Hall–Kier alpha value is -3.15. The highest BCUT2D eigenvalue weighted by Gasteiger charge is 2.36. The summed E-state index contributed by atoms with van der Waals surface area (Å²) in [5, 5.41) is 22.2. The molecule has 0 radical (unpaired) electrons. The van der Waals surface area contributed by atoms with Gasteiger partial charge in [0.1, 0.15) is 11.5 Å². The predicted octanol–water partition coefficient (Wildman–Crippen LogP) is 4.92. The fourth-order valence-corrected chi connectivity index (χ4v) is 5.55. The molecule has 7 nitrogen and oxygen atoms in total. The van der Waals surface area contributed by atoms with E-state index in [4.69, 9.17) is 0 Å². The van der Waals surface area contributed by atoms with Gasteiger partial charge in [-0.1, -0.05) is 45.0 Å². The monoisotopic (exact) mass is 535 g/mol. The first kappa shape index (κ1) is 26.9. The number of rotatable bonds is 5. The van der Waals surface area contributed by atoms with Gasteiger partial charge in [-0.15, -0.1) is 0 Å². The first-order valence-electron chi connectivity index (χ1n) is 11.6. The topological polar surface area (TPSA) is 103 Å². The number of halogens is 3. The molecule has 2 heterocycles. The number of benzene rings is 2. The fourth-order valence-electron chi connectivity index (χ4n) is 4.10. The van der Waals surface area contributed by atoms with Crippen molar-refractivity contribution in [2.45, 2.75) is 49.7 Å². The van der Waals surface area contributed by atoms with Gasteiger partial charge in [0.2, 0.25) is 0 Å². The number of alkyl halides is 3. The van der Waals surface area contributed by atoms with E-state index in [1.165, 1.54) is 30.3 Å². The largest absolute Gasteiger partial charge is 0.433 e. The van der Waals surface area contributed by atoms with E-state index in [1.807, 2.05) is 20.8 Å². The van der Waals surface area contributed by atoms with Gasteiger partial charge in [-0.3, -0.25) is 4.31 Å². The van der Waals surface area contributed by atoms with Crippen LogP contribution in [0.1, 0.15) is 49.1 Å². The van der Waals surface area contributed by atoms with Gasteiger partial charge in [-0.05, 0) is 46.9 Å². The summed E-state index contributed by atoms with van der Waals surface area (Å²) >= 11 is 0. The molecule has 11 heteroatoms. The molecular weight excluding hydrogens is 507 g/mol. The third-order valence-electron chi connectivity index (χ3n) is 6.35. The average Bonchev–Trinajstić information content (AvgIpc) is 3.00. The van der Waals surface area contributed by atoms with Crippen LogP contribution < -0.4 is 9.62 Å². The number of aliphatic hydroxyl groups is 2. The minimum Gasteiger partial charge on any atom is -0.396 e. The summed E-state index contributed by atoms with van der Waals surface area (Å²) in [5.41, 5.74) is 0.752. The van der Waals surface area contributed by atoms with E-state index < -0.39 is 27.8 Å². The van der Waals surface area contributed by atoms with Crippen molar-refractivity contribution in [2.24, 2.45) is 0 Å². The molecule has 0 amide bonds. The number of aromatic nitrogens is 1. The van der Waals surface area contributed by atoms with Gasteiger partial charge in [0.05, 0.1) is 36.0 Å². The minimum absolute atomic E-state index is 0.0149. The maximum atomic E-state index is 13.9. The molecule has 198 valence electrons. The van der Waals surface area contributed by atoms with Crippen molar-refractivity contribution in [1.82, 2.24) is 4.98 Å². The second kappa shape index (κ2) is 9.62. The molecule has 4 rings (SSSR count). The molecule has 0 fully saturated rings. The number of anilines is 3. The summed E-state index contributed by atoms with van der Waals surface area (Å²) in [6.07, 6.45) is -4.67. The highest BCUT2D eigenvalue weighted by atomic mass is 32.2. The van der Waals surface area contributed by atoms with Crippen LogP contribution in [-0.4, -0.2) is 36.8 Å². The summed E-state index contributed by atoms with van der Waals surface area (Å²) in [5.74, 6) is -0.771. The van der Waals surface area contributed by atoms with Crippen LogP contribution in [0, 0.1) is 0 Å². The van der Waals surface area contributed by atoms with E-state index in [0.29, 0.717) is 5.56 Å². The lowest BCUT2D eigenvalue weighted by Gasteiger charge is -2.26. The van der Waals surface area contributed by atoms with Gasteiger partial charge < -0.3 is 15.5 Å². The maximum absolute atomic E-state index is 13.9. The SMILES string of the molecule is CC(C)(C)c1ccc(S(=O)(=O)N2Cc3ccc(C(F)(F)F)nc3Nc3ccc(C(CO)CO)cc32)cc1. The zero-order valence-corrected chi connectivity index (χ0v) is 21.4. The molecule has 3 N–H and O–H groups in total. The standard InChI is InChI=1S/C26H28F3N3O4S/c1-25(2,3)19-6-8-20(9-7-19)37(35,36)32-13-17-5-11-23(26(27,28)29)31-24(17)30-21-10-4-16(12-22(21)32)18(14-33)15-34/h4-12,18,33-34H,13-15H2,1-3H3,(H,30,31). The summed E-state index contributed by atoms with van der Waals surface area (Å²) in [6, 6.07) is 13.1. The number of hydrogen-bond donors (Lipinski definition) is 3. The van der Waals surface area contributed by atoms with Crippen molar-refractivity contribution < 1.29 is 31.8 Å². The number of pyridine rings is 1. The van der Waals surface area contributed by atoms with Crippen molar-refractivity contribution in [3.05, 3.63) is 77.0 Å². The molecule has 1 aromatic heterocycles. The third-order valence-corrected chi connectivity index (χ3v) is 8.12. The van der Waals surface area contributed by atoms with Crippen molar-refractivity contribution in [3.63, 3.8) is 0 Å². The summed E-state index contributed by atoms with van der Waals surface area (Å²) < 4.78 is 69.0. The van der Waals surface area contributed by atoms with Gasteiger partial charge in [0, 0.05) is 11.5 Å². The zero-order chi connectivity index (χ0) is 27.2. The highest BCUT2D eigenvalue weighted by Crippen LogP contribution is 2.41. The molecule has 1 aliphatic heterocycles. The molecule has 0 spiro atoms. The Kier molecular flexibility index (Phi) is 7.00. The lowest BCUT2D eigenvalue weighted by atomic mass is 9.87. The van der Waals surface area contributed by atoms with Gasteiger partial charge in [-0.25, -0.2) is 13.4 Å². The van der Waals surface area contributed by atoms with Gasteiger partial charge >= 0.3 is 6.18 Å². The van der Waals surface area contributed by atoms with Crippen LogP contribution in [0.4, 0.5) is 30.4 Å². The first-order chi connectivity index (χ1) is 17.3. The first-order valence-corrected chi connectivity index (χ1v) is 13.0. The van der Waals surface area contributed by atoms with E-state index >= 15 is 0 Å². The van der Waals surface area contributed by atoms with E-state index in [1.54, 1.807) is 18.2 Å². The Balaban J connectivity index is 1.88. The molecule has 37 heavy (non-hydrogen) atoms. The van der Waals surface area contributed by atoms with Gasteiger partial charge in [-0.2, -0.15) is 13.2 Å². The van der Waals surface area contributed by atoms with Gasteiger partial charge in [0.15, 0.2) is 0 Å². The van der Waals surface area contributed by atoms with Crippen LogP contribution >= 0.6 is 0 Å². The Labute approximate surface area is 213 Å². The quantitative estimate of drug-likeness (QED) is 0.429. The highest BCUT2D eigenvalue weighted by molar-refractivity contribution is 7.92. The van der Waals surface area contributed by atoms with E-state index in [2.05, 4.69) is 10.3 Å². The number of aliphatic hydroxyl groups excluding tert-OH is 2. The smallest absolute Gasteiger partial charge is 0.396 e. The van der Waals surface area contributed by atoms with Crippen molar-refractivity contribution in [2.75, 3.05) is 22.8 Å². The van der Waals surface area contributed by atoms with Crippen LogP contribution in [0.3, 0.4) is 0 Å². The minimum atomic E-state index is -4.67. The summed E-state index contributed by atoms with van der Waals surface area (Å²) in [6.45, 7) is 4.99. The number of sulfonamides is 1. The predicted molar refractivity (Wildman–Crippen MR) is 134 cm³/mol. The molecule has 1 aliphatic rings. The zero-order valence-electron chi connectivity index (χ0n) is 20.5. The maximum Gasteiger partial charge on any atom is 0.433 e. The number of fused-ring (bicyclic) bond motifs is 2. The van der Waals surface area contributed by atoms with Crippen molar-refractivity contribution in [1.29, 1.82) is 0 Å². The lowest BCUT2D eigenvalue weighted by Crippen LogP contribution is -2.30.